The molecule has 0 N–H and O–H groups in total. The quantitative estimate of drug-likeness (QED) is 0.113. The van der Waals surface area contributed by atoms with Crippen LogP contribution >= 0.6 is 0 Å². The van der Waals surface area contributed by atoms with E-state index in [2.05, 4.69) is 313 Å². The van der Waals surface area contributed by atoms with Crippen molar-refractivity contribution in [3.8, 4) is 22.3 Å². The van der Waals surface area contributed by atoms with Crippen molar-refractivity contribution in [2.45, 2.75) is 86.9 Å². The summed E-state index contributed by atoms with van der Waals surface area (Å²) in [6.07, 6.45) is 12.9. The molecule has 0 heterocycles. The van der Waals surface area contributed by atoms with Crippen LogP contribution in [0.2, 0.25) is 0 Å². The Kier molecular flexibility index (Phi) is 13.2. The molecule has 14 aromatic carbocycles. The van der Waals surface area contributed by atoms with Crippen molar-refractivity contribution in [2.24, 2.45) is 0 Å². The second-order valence-electron chi connectivity index (χ2n) is 26.6. The number of nitrogens with zero attached hydrogens (tertiary/aromatic N) is 2. The molecule has 92 heavy (non-hydrogen) atoms. The Morgan fingerprint density at radius 1 is 0.250 bits per heavy atom. The van der Waals surface area contributed by atoms with Crippen LogP contribution in [-0.4, -0.2) is 0 Å². The van der Waals surface area contributed by atoms with E-state index in [1.54, 1.807) is 0 Å². The van der Waals surface area contributed by atoms with Gasteiger partial charge in [-0.05, 0) is 198 Å². The Labute approximate surface area is 541 Å². The predicted molar refractivity (Wildman–Crippen MR) is 386 cm³/mol. The van der Waals surface area contributed by atoms with Gasteiger partial charge in [0.05, 0.1) is 22.2 Å². The van der Waals surface area contributed by atoms with Gasteiger partial charge >= 0.3 is 0 Å². The van der Waals surface area contributed by atoms with E-state index in [0.717, 1.165) is 34.1 Å². The van der Waals surface area contributed by atoms with Crippen molar-refractivity contribution in [2.75, 3.05) is 9.80 Å². The normalized spacial score (nSPS) is 15.7. The fraction of sp³-hybridized carbons (Fsp3) is 0.156. The topological polar surface area (TPSA) is 6.48 Å². The third-order valence-electron chi connectivity index (χ3n) is 21.9. The van der Waals surface area contributed by atoms with Crippen LogP contribution in [0.1, 0.15) is 132 Å². The van der Waals surface area contributed by atoms with Gasteiger partial charge < -0.3 is 9.80 Å². The Hall–Kier alpha value is -10.3. The maximum absolute atomic E-state index is 2.59. The summed E-state index contributed by atoms with van der Waals surface area (Å²) in [5, 5.41) is 7.40. The van der Waals surface area contributed by atoms with E-state index in [9.17, 15) is 0 Å². The van der Waals surface area contributed by atoms with E-state index in [-0.39, 0.29) is 0 Å². The fourth-order valence-corrected chi connectivity index (χ4v) is 17.9. The van der Waals surface area contributed by atoms with Crippen molar-refractivity contribution in [3.05, 3.63) is 359 Å². The highest BCUT2D eigenvalue weighted by Gasteiger charge is 2.48. The average Bonchev–Trinajstić information content (AvgIpc) is 1.53. The van der Waals surface area contributed by atoms with Crippen LogP contribution in [0.15, 0.2) is 303 Å². The zero-order valence-corrected chi connectivity index (χ0v) is 52.0. The summed E-state index contributed by atoms with van der Waals surface area (Å²) < 4.78 is 0. The maximum atomic E-state index is 2.59. The molecule has 0 spiro atoms. The van der Waals surface area contributed by atoms with Crippen LogP contribution in [0.4, 0.5) is 34.1 Å². The molecule has 442 valence electrons. The van der Waals surface area contributed by atoms with E-state index < -0.39 is 10.8 Å². The second-order valence-corrected chi connectivity index (χ2v) is 26.6. The number of benzene rings is 14. The molecular formula is C90H72N2. The standard InChI is InChI=1S/C90H72N2/c1-5-25-61(26-6-1)65-29-21-31-67(57-65)89(81-45-17-13-41-75(81)76-42-14-18-46-82(76)89)69-33-23-39-73(59-69)91(71-35-9-3-10-36-71)85-55-51-63-50-54-80-86(56-52-64-49-53-79(85)87(63)88(64)80)92(72-37-11-4-12-38-72)74-40-24-34-70(60-74)90(68-32-22-30-66(58-68)62-27-7-2-8-28-62)83-47-19-15-43-77(83)78-44-16-20-48-84(78)90/h3-4,9-24,29-62H,1-2,5-8,25-28H2. The molecule has 2 nitrogen and oxygen atoms in total. The molecule has 2 heteroatoms. The zero-order valence-electron chi connectivity index (χ0n) is 52.0. The second kappa shape index (κ2) is 22.3. The molecule has 0 aromatic heterocycles. The third-order valence-corrected chi connectivity index (χ3v) is 21.9. The van der Waals surface area contributed by atoms with E-state index in [1.807, 2.05) is 0 Å². The Morgan fingerprint density at radius 3 is 0.946 bits per heavy atom. The maximum Gasteiger partial charge on any atom is 0.0714 e. The van der Waals surface area contributed by atoms with E-state index >= 15 is 0 Å². The largest absolute Gasteiger partial charge is 0.310 e. The average molecular weight is 1180 g/mol. The Balaban J connectivity index is 0.818. The summed E-state index contributed by atoms with van der Waals surface area (Å²) in [5.41, 5.74) is 24.4. The number of fused-ring (bicyclic) bond motifs is 6. The van der Waals surface area contributed by atoms with Gasteiger partial charge in [0, 0.05) is 33.5 Å². The molecule has 0 amide bonds. The van der Waals surface area contributed by atoms with Gasteiger partial charge in [-0.15, -0.1) is 0 Å². The minimum atomic E-state index is -0.550. The van der Waals surface area contributed by atoms with E-state index in [0.29, 0.717) is 11.8 Å². The van der Waals surface area contributed by atoms with Gasteiger partial charge in [0.2, 0.25) is 0 Å². The van der Waals surface area contributed by atoms with Crippen molar-refractivity contribution in [1.29, 1.82) is 0 Å². The minimum Gasteiger partial charge on any atom is -0.310 e. The van der Waals surface area contributed by atoms with Crippen LogP contribution in [-0.2, 0) is 10.8 Å². The highest BCUT2D eigenvalue weighted by Crippen LogP contribution is 2.60. The van der Waals surface area contributed by atoms with Crippen molar-refractivity contribution in [1.82, 2.24) is 0 Å². The van der Waals surface area contributed by atoms with Crippen LogP contribution in [0.5, 0.6) is 0 Å². The lowest BCUT2D eigenvalue weighted by Gasteiger charge is -2.36. The highest BCUT2D eigenvalue weighted by atomic mass is 15.2. The van der Waals surface area contributed by atoms with Crippen molar-refractivity contribution >= 4 is 66.4 Å². The number of anilines is 6. The summed E-state index contributed by atoms with van der Waals surface area (Å²) in [6.45, 7) is 0. The first-order valence-corrected chi connectivity index (χ1v) is 33.9. The number of rotatable bonds is 12. The van der Waals surface area contributed by atoms with E-state index in [1.165, 1.54) is 174 Å². The summed E-state index contributed by atoms with van der Waals surface area (Å²) in [5.74, 6) is 1.16. The first kappa shape index (κ1) is 54.6. The van der Waals surface area contributed by atoms with E-state index in [4.69, 9.17) is 0 Å². The summed E-state index contributed by atoms with van der Waals surface area (Å²) >= 11 is 0. The molecule has 0 unspecified atom stereocenters. The van der Waals surface area contributed by atoms with Crippen LogP contribution in [0.3, 0.4) is 0 Å². The SMILES string of the molecule is c1ccc(N(c2cccc(C3(c4cccc(C5CCCCC5)c4)c4ccccc4-c4ccccc43)c2)c2ccc3ccc4c(N(c5ccccc5)c5cccc(C6(c7cccc(C8CCCCC8)c7)c7ccccc7-c7ccccc76)c5)ccc5ccc2c3c54)cc1. The molecule has 18 rings (SSSR count). The number of hydrogen-bond donors (Lipinski definition) is 0. The monoisotopic (exact) mass is 1180 g/mol. The van der Waals surface area contributed by atoms with Gasteiger partial charge in [-0.2, -0.15) is 0 Å². The van der Waals surface area contributed by atoms with Crippen LogP contribution in [0, 0.1) is 0 Å². The molecule has 0 radical (unpaired) electrons. The zero-order chi connectivity index (χ0) is 60.7. The lowest BCUT2D eigenvalue weighted by molar-refractivity contribution is 0.443. The molecule has 0 atom stereocenters. The van der Waals surface area contributed by atoms with Crippen LogP contribution < -0.4 is 9.80 Å². The predicted octanol–water partition coefficient (Wildman–Crippen LogP) is 24.3. The lowest BCUT2D eigenvalue weighted by atomic mass is 9.67. The molecule has 4 aliphatic rings. The first-order valence-electron chi connectivity index (χ1n) is 33.9. The summed E-state index contributed by atoms with van der Waals surface area (Å²) in [4.78, 5) is 5.05. The van der Waals surface area contributed by atoms with Gasteiger partial charge in [-0.1, -0.05) is 281 Å². The minimum absolute atomic E-state index is 0.550. The Bertz CT molecular complexity index is 4690. The van der Waals surface area contributed by atoms with Crippen molar-refractivity contribution < 1.29 is 0 Å². The fourth-order valence-electron chi connectivity index (χ4n) is 17.9. The van der Waals surface area contributed by atoms with Gasteiger partial charge in [-0.3, -0.25) is 0 Å². The summed E-state index contributed by atoms with van der Waals surface area (Å²) in [7, 11) is 0. The lowest BCUT2D eigenvalue weighted by Crippen LogP contribution is -2.29. The number of para-hydroxylation sites is 2. The third kappa shape index (κ3) is 8.45. The van der Waals surface area contributed by atoms with Gasteiger partial charge in [0.15, 0.2) is 0 Å². The molecular weight excluding hydrogens is 1110 g/mol. The molecule has 0 aliphatic heterocycles. The Morgan fingerprint density at radius 2 is 0.565 bits per heavy atom. The number of hydrogen-bond acceptors (Lipinski definition) is 2. The summed E-state index contributed by atoms with van der Waals surface area (Å²) in [6, 6.07) is 117. The molecule has 2 saturated carbocycles. The smallest absolute Gasteiger partial charge is 0.0714 e. The molecule has 4 aliphatic carbocycles. The molecule has 0 bridgehead atoms. The molecule has 14 aromatic rings. The van der Waals surface area contributed by atoms with Gasteiger partial charge in [-0.25, -0.2) is 0 Å². The highest BCUT2D eigenvalue weighted by molar-refractivity contribution is 6.28. The van der Waals surface area contributed by atoms with Crippen molar-refractivity contribution in [3.63, 3.8) is 0 Å². The van der Waals surface area contributed by atoms with Gasteiger partial charge in [0.1, 0.15) is 0 Å². The molecule has 0 saturated heterocycles. The first-order chi connectivity index (χ1) is 45.6. The molecule has 2 fully saturated rings. The van der Waals surface area contributed by atoms with Crippen LogP contribution in [0.25, 0.3) is 54.6 Å². The van der Waals surface area contributed by atoms with Gasteiger partial charge in [0.25, 0.3) is 0 Å².